The van der Waals surface area contributed by atoms with Crippen LogP contribution >= 0.6 is 0 Å². The van der Waals surface area contributed by atoms with Crippen LogP contribution in [0, 0.1) is 0 Å². The molecule has 1 saturated heterocycles. The fraction of sp³-hybridized carbons (Fsp3) is 0.800. The van der Waals surface area contributed by atoms with E-state index in [1.807, 2.05) is 13.8 Å². The zero-order valence-corrected chi connectivity index (χ0v) is 9.19. The summed E-state index contributed by atoms with van der Waals surface area (Å²) in [5.74, 6) is -0.758. The average Bonchev–Trinajstić information content (AvgIpc) is 2.15. The Morgan fingerprint density at radius 2 is 2.33 bits per heavy atom. The Morgan fingerprint density at radius 3 is 2.87 bits per heavy atom. The number of nitrogens with one attached hydrogen (secondary N) is 1. The second-order valence-corrected chi connectivity index (χ2v) is 4.16. The Hall–Kier alpha value is -1.10. The first kappa shape index (κ1) is 12.0. The summed E-state index contributed by atoms with van der Waals surface area (Å²) in [4.78, 5) is 23.7. The summed E-state index contributed by atoms with van der Waals surface area (Å²) in [7, 11) is 0. The lowest BCUT2D eigenvalue weighted by atomic mass is 10.1. The van der Waals surface area contributed by atoms with E-state index in [1.54, 1.807) is 0 Å². The van der Waals surface area contributed by atoms with Gasteiger partial charge in [0, 0.05) is 25.0 Å². The van der Waals surface area contributed by atoms with Crippen molar-refractivity contribution in [1.82, 2.24) is 10.2 Å². The van der Waals surface area contributed by atoms with Gasteiger partial charge in [-0.15, -0.1) is 0 Å². The van der Waals surface area contributed by atoms with Crippen molar-refractivity contribution < 1.29 is 14.7 Å². The first-order chi connectivity index (χ1) is 7.00. The van der Waals surface area contributed by atoms with Crippen LogP contribution in [0.5, 0.6) is 0 Å². The van der Waals surface area contributed by atoms with Gasteiger partial charge in [-0.1, -0.05) is 0 Å². The van der Waals surface area contributed by atoms with E-state index in [2.05, 4.69) is 10.2 Å². The predicted molar refractivity (Wildman–Crippen MR) is 55.5 cm³/mol. The van der Waals surface area contributed by atoms with Crippen LogP contribution in [-0.4, -0.2) is 47.1 Å². The number of hydrogen-bond donors (Lipinski definition) is 2. The monoisotopic (exact) mass is 214 g/mol. The average molecular weight is 214 g/mol. The highest BCUT2D eigenvalue weighted by Gasteiger charge is 2.28. The number of aliphatic carboxylic acids is 1. The normalized spacial score (nSPS) is 22.9. The highest BCUT2D eigenvalue weighted by atomic mass is 16.4. The van der Waals surface area contributed by atoms with Gasteiger partial charge in [0.15, 0.2) is 0 Å². The molecule has 0 aromatic carbocycles. The fourth-order valence-corrected chi connectivity index (χ4v) is 1.86. The molecule has 0 aromatic heterocycles. The number of carbonyl (C=O) groups excluding carboxylic acids is 1. The maximum Gasteiger partial charge on any atom is 0.303 e. The Labute approximate surface area is 89.4 Å². The number of rotatable bonds is 4. The molecule has 5 nitrogen and oxygen atoms in total. The molecular formula is C10H18N2O3. The molecule has 15 heavy (non-hydrogen) atoms. The standard InChI is InChI=1S/C10H18N2O3/c1-7(2)12-6-9(13)11-5-8(12)3-4-10(14)15/h7-8H,3-6H2,1-2H3,(H,11,13)(H,14,15). The third-order valence-electron chi connectivity index (χ3n) is 2.68. The van der Waals surface area contributed by atoms with Gasteiger partial charge >= 0.3 is 5.97 Å². The quantitative estimate of drug-likeness (QED) is 0.694. The van der Waals surface area contributed by atoms with Crippen molar-refractivity contribution in [1.29, 1.82) is 0 Å². The first-order valence-corrected chi connectivity index (χ1v) is 5.25. The Morgan fingerprint density at radius 1 is 1.67 bits per heavy atom. The van der Waals surface area contributed by atoms with E-state index in [4.69, 9.17) is 5.11 Å². The molecule has 1 fully saturated rings. The number of carboxylic acids is 1. The van der Waals surface area contributed by atoms with Crippen molar-refractivity contribution in [3.05, 3.63) is 0 Å². The zero-order valence-electron chi connectivity index (χ0n) is 9.19. The smallest absolute Gasteiger partial charge is 0.303 e. The van der Waals surface area contributed by atoms with Gasteiger partial charge < -0.3 is 10.4 Å². The molecule has 2 N–H and O–H groups in total. The minimum atomic E-state index is -0.782. The van der Waals surface area contributed by atoms with E-state index in [0.29, 0.717) is 19.5 Å². The molecule has 86 valence electrons. The van der Waals surface area contributed by atoms with Gasteiger partial charge in [-0.3, -0.25) is 14.5 Å². The summed E-state index contributed by atoms with van der Waals surface area (Å²) in [5, 5.41) is 11.4. The van der Waals surface area contributed by atoms with E-state index in [0.717, 1.165) is 0 Å². The van der Waals surface area contributed by atoms with Crippen LogP contribution in [0.15, 0.2) is 0 Å². The van der Waals surface area contributed by atoms with E-state index in [-0.39, 0.29) is 24.4 Å². The minimum Gasteiger partial charge on any atom is -0.481 e. The lowest BCUT2D eigenvalue weighted by Crippen LogP contribution is -2.56. The van der Waals surface area contributed by atoms with Crippen molar-refractivity contribution in [3.8, 4) is 0 Å². The van der Waals surface area contributed by atoms with Crippen LogP contribution in [0.1, 0.15) is 26.7 Å². The SMILES string of the molecule is CC(C)N1CC(=O)NCC1CCC(=O)O. The third-order valence-corrected chi connectivity index (χ3v) is 2.68. The molecule has 0 aromatic rings. The molecule has 1 amide bonds. The maximum atomic E-state index is 11.2. The molecule has 0 aliphatic carbocycles. The van der Waals surface area contributed by atoms with Crippen LogP contribution in [-0.2, 0) is 9.59 Å². The molecule has 0 radical (unpaired) electrons. The maximum absolute atomic E-state index is 11.2. The van der Waals surface area contributed by atoms with Gasteiger partial charge in [0.2, 0.25) is 5.91 Å². The van der Waals surface area contributed by atoms with Crippen molar-refractivity contribution in [3.63, 3.8) is 0 Å². The largest absolute Gasteiger partial charge is 0.481 e. The van der Waals surface area contributed by atoms with E-state index >= 15 is 0 Å². The summed E-state index contributed by atoms with van der Waals surface area (Å²) >= 11 is 0. The molecule has 1 aliphatic heterocycles. The highest BCUT2D eigenvalue weighted by molar-refractivity contribution is 5.79. The molecule has 0 bridgehead atoms. The van der Waals surface area contributed by atoms with Gasteiger partial charge in [0.25, 0.3) is 0 Å². The van der Waals surface area contributed by atoms with Crippen LogP contribution in [0.3, 0.4) is 0 Å². The summed E-state index contributed by atoms with van der Waals surface area (Å²) in [6, 6.07) is 0.425. The first-order valence-electron chi connectivity index (χ1n) is 5.25. The predicted octanol–water partition coefficient (Wildman–Crippen LogP) is 0.0600. The number of carboxylic acid groups (broad SMARTS) is 1. The number of carbonyl (C=O) groups is 2. The number of hydrogen-bond acceptors (Lipinski definition) is 3. The molecule has 0 saturated carbocycles. The van der Waals surface area contributed by atoms with E-state index in [9.17, 15) is 9.59 Å². The molecule has 0 spiro atoms. The Bertz CT molecular complexity index is 253. The van der Waals surface area contributed by atoms with Crippen LogP contribution in [0.4, 0.5) is 0 Å². The molecule has 5 heteroatoms. The van der Waals surface area contributed by atoms with E-state index in [1.165, 1.54) is 0 Å². The minimum absolute atomic E-state index is 0.0234. The van der Waals surface area contributed by atoms with Gasteiger partial charge in [-0.25, -0.2) is 0 Å². The van der Waals surface area contributed by atoms with Gasteiger partial charge in [0.1, 0.15) is 0 Å². The number of amides is 1. The fourth-order valence-electron chi connectivity index (χ4n) is 1.86. The lowest BCUT2D eigenvalue weighted by molar-refractivity contribution is -0.137. The highest BCUT2D eigenvalue weighted by Crippen LogP contribution is 2.13. The Balaban J connectivity index is 2.52. The lowest BCUT2D eigenvalue weighted by Gasteiger charge is -2.38. The Kier molecular flexibility index (Phi) is 4.08. The van der Waals surface area contributed by atoms with Gasteiger partial charge in [0.05, 0.1) is 6.54 Å². The topological polar surface area (TPSA) is 69.6 Å². The van der Waals surface area contributed by atoms with Crippen LogP contribution < -0.4 is 5.32 Å². The van der Waals surface area contributed by atoms with Gasteiger partial charge in [-0.2, -0.15) is 0 Å². The van der Waals surface area contributed by atoms with Crippen molar-refractivity contribution >= 4 is 11.9 Å². The van der Waals surface area contributed by atoms with Crippen LogP contribution in [0.2, 0.25) is 0 Å². The molecule has 1 rings (SSSR count). The van der Waals surface area contributed by atoms with Crippen molar-refractivity contribution in [2.45, 2.75) is 38.8 Å². The number of nitrogens with zero attached hydrogens (tertiary/aromatic N) is 1. The molecule has 1 aliphatic rings. The van der Waals surface area contributed by atoms with Crippen LogP contribution in [0.25, 0.3) is 0 Å². The van der Waals surface area contributed by atoms with Crippen molar-refractivity contribution in [2.75, 3.05) is 13.1 Å². The summed E-state index contributed by atoms with van der Waals surface area (Å²) in [6.07, 6.45) is 0.748. The molecule has 1 heterocycles. The summed E-state index contributed by atoms with van der Waals surface area (Å²) in [6.45, 7) is 4.98. The second kappa shape index (κ2) is 5.11. The molecule has 1 atom stereocenters. The summed E-state index contributed by atoms with van der Waals surface area (Å²) in [5.41, 5.74) is 0. The van der Waals surface area contributed by atoms with E-state index < -0.39 is 5.97 Å². The second-order valence-electron chi connectivity index (χ2n) is 4.16. The third kappa shape index (κ3) is 3.51. The molecular weight excluding hydrogens is 196 g/mol. The number of piperazine rings is 1. The summed E-state index contributed by atoms with van der Waals surface area (Å²) < 4.78 is 0. The van der Waals surface area contributed by atoms with Crippen molar-refractivity contribution in [2.24, 2.45) is 0 Å². The van der Waals surface area contributed by atoms with Gasteiger partial charge in [-0.05, 0) is 20.3 Å². The molecule has 1 unspecified atom stereocenters. The zero-order chi connectivity index (χ0) is 11.4.